The van der Waals surface area contributed by atoms with E-state index in [0.717, 1.165) is 0 Å². The number of para-hydroxylation sites is 2. The highest BCUT2D eigenvalue weighted by molar-refractivity contribution is 6.36. The van der Waals surface area contributed by atoms with Gasteiger partial charge in [-0.1, -0.05) is 30.7 Å². The summed E-state index contributed by atoms with van der Waals surface area (Å²) in [6.07, 6.45) is 1.63. The zero-order chi connectivity index (χ0) is 24.0. The molecule has 3 aliphatic rings. The van der Waals surface area contributed by atoms with Crippen molar-refractivity contribution in [1.82, 2.24) is 5.32 Å². The van der Waals surface area contributed by atoms with Crippen molar-refractivity contribution in [1.29, 1.82) is 0 Å². The SMILES string of the molecule is COc1cc(OC)c2c(c1Cl)O[C@@]1(C(=O)C=C(NCC3COc4ccccc4O3)C[C@H]1C)C2=O. The predicted molar refractivity (Wildman–Crippen MR) is 123 cm³/mol. The number of Topliss-reactive ketones (excluding diaryl/α,β-unsaturated/α-hetero) is 1. The topological polar surface area (TPSA) is 92.3 Å². The van der Waals surface area contributed by atoms with Gasteiger partial charge in [0, 0.05) is 23.8 Å². The monoisotopic (exact) mass is 485 g/mol. The Kier molecular flexibility index (Phi) is 5.56. The Hall–Kier alpha value is -3.39. The summed E-state index contributed by atoms with van der Waals surface area (Å²) in [6.45, 7) is 2.64. The number of fused-ring (bicyclic) bond motifs is 2. The van der Waals surface area contributed by atoms with Crippen molar-refractivity contribution in [2.24, 2.45) is 5.92 Å². The van der Waals surface area contributed by atoms with Gasteiger partial charge < -0.3 is 29.0 Å². The first-order valence-electron chi connectivity index (χ1n) is 10.9. The fraction of sp³-hybridized carbons (Fsp3) is 0.360. The van der Waals surface area contributed by atoms with Gasteiger partial charge in [-0.2, -0.15) is 0 Å². The Balaban J connectivity index is 1.36. The van der Waals surface area contributed by atoms with Crippen LogP contribution in [0, 0.1) is 5.92 Å². The summed E-state index contributed by atoms with van der Waals surface area (Å²) >= 11 is 6.42. The zero-order valence-corrected chi connectivity index (χ0v) is 19.7. The number of rotatable bonds is 5. The number of ketones is 2. The van der Waals surface area contributed by atoms with Crippen molar-refractivity contribution in [2.45, 2.75) is 25.0 Å². The van der Waals surface area contributed by atoms with E-state index in [1.54, 1.807) is 0 Å². The molecular formula is C25H24ClNO7. The van der Waals surface area contributed by atoms with E-state index >= 15 is 0 Å². The third-order valence-corrected chi connectivity index (χ3v) is 6.79. The summed E-state index contributed by atoms with van der Waals surface area (Å²) in [6, 6.07) is 9.00. The van der Waals surface area contributed by atoms with Crippen LogP contribution in [0.15, 0.2) is 42.1 Å². The molecular weight excluding hydrogens is 462 g/mol. The van der Waals surface area contributed by atoms with E-state index in [9.17, 15) is 9.59 Å². The second-order valence-corrected chi connectivity index (χ2v) is 8.86. The summed E-state index contributed by atoms with van der Waals surface area (Å²) < 4.78 is 28.4. The lowest BCUT2D eigenvalue weighted by Crippen LogP contribution is -2.55. The maximum absolute atomic E-state index is 13.5. The summed E-state index contributed by atoms with van der Waals surface area (Å²) in [5.41, 5.74) is -0.835. The number of carbonyl (C=O) groups excluding carboxylic acids is 2. The van der Waals surface area contributed by atoms with E-state index < -0.39 is 23.1 Å². The van der Waals surface area contributed by atoms with Crippen molar-refractivity contribution < 1.29 is 33.3 Å². The summed E-state index contributed by atoms with van der Waals surface area (Å²) in [5.74, 6) is 0.695. The van der Waals surface area contributed by atoms with Crippen LogP contribution < -0.4 is 29.0 Å². The van der Waals surface area contributed by atoms with Crippen LogP contribution in [-0.2, 0) is 4.79 Å². The number of hydrogen-bond donors (Lipinski definition) is 1. The molecule has 0 radical (unpaired) electrons. The smallest absolute Gasteiger partial charge is 0.236 e. The standard InChI is InChI=1S/C25H24ClNO7/c1-13-8-14(27-11-15-12-32-16-6-4-5-7-17(16)33-15)9-20(28)25(13)24(29)21-18(30-2)10-19(31-3)22(26)23(21)34-25/h4-7,9-10,13,15,27H,8,11-12H2,1-3H3/t13-,15?,25+/m1/s1. The molecule has 2 aromatic carbocycles. The summed E-state index contributed by atoms with van der Waals surface area (Å²) in [5, 5.41) is 3.41. The number of ether oxygens (including phenoxy) is 5. The van der Waals surface area contributed by atoms with Crippen molar-refractivity contribution in [2.75, 3.05) is 27.4 Å². The molecule has 0 bridgehead atoms. The normalized spacial score (nSPS) is 24.9. The number of hydrogen-bond acceptors (Lipinski definition) is 8. The average molecular weight is 486 g/mol. The van der Waals surface area contributed by atoms with Gasteiger partial charge >= 0.3 is 0 Å². The minimum absolute atomic E-state index is 0.110. The van der Waals surface area contributed by atoms with Gasteiger partial charge in [-0.05, 0) is 18.6 Å². The molecule has 0 amide bonds. The Bertz CT molecular complexity index is 1210. The maximum Gasteiger partial charge on any atom is 0.236 e. The van der Waals surface area contributed by atoms with Gasteiger partial charge in [-0.15, -0.1) is 0 Å². The van der Waals surface area contributed by atoms with Crippen molar-refractivity contribution in [3.63, 3.8) is 0 Å². The lowest BCUT2D eigenvalue weighted by molar-refractivity contribution is -0.129. The molecule has 178 valence electrons. The van der Waals surface area contributed by atoms with Gasteiger partial charge in [0.25, 0.3) is 0 Å². The molecule has 0 aromatic heterocycles. The molecule has 3 atom stereocenters. The maximum atomic E-state index is 13.5. The van der Waals surface area contributed by atoms with Crippen molar-refractivity contribution in [3.8, 4) is 28.7 Å². The Morgan fingerprint density at radius 3 is 2.59 bits per heavy atom. The minimum atomic E-state index is -1.69. The van der Waals surface area contributed by atoms with E-state index in [1.807, 2.05) is 31.2 Å². The lowest BCUT2D eigenvalue weighted by Gasteiger charge is -2.35. The van der Waals surface area contributed by atoms with Crippen LogP contribution in [0.25, 0.3) is 0 Å². The molecule has 34 heavy (non-hydrogen) atoms. The van der Waals surface area contributed by atoms with Crippen LogP contribution in [0.2, 0.25) is 5.02 Å². The van der Waals surface area contributed by atoms with Crippen molar-refractivity contribution >= 4 is 23.2 Å². The van der Waals surface area contributed by atoms with Crippen molar-refractivity contribution in [3.05, 3.63) is 52.7 Å². The van der Waals surface area contributed by atoms with Crippen LogP contribution in [-0.4, -0.2) is 50.6 Å². The molecule has 1 unspecified atom stereocenters. The van der Waals surface area contributed by atoms with E-state index in [2.05, 4.69) is 5.32 Å². The van der Waals surface area contributed by atoms with Gasteiger partial charge in [-0.3, -0.25) is 9.59 Å². The molecule has 1 aliphatic carbocycles. The summed E-state index contributed by atoms with van der Waals surface area (Å²) in [4.78, 5) is 26.9. The number of nitrogens with one attached hydrogen (secondary N) is 1. The van der Waals surface area contributed by atoms with Crippen LogP contribution in [0.5, 0.6) is 28.7 Å². The molecule has 2 heterocycles. The molecule has 0 saturated heterocycles. The van der Waals surface area contributed by atoms with E-state index in [4.69, 9.17) is 35.3 Å². The van der Waals surface area contributed by atoms with Gasteiger partial charge in [0.15, 0.2) is 17.2 Å². The average Bonchev–Trinajstić information content (AvgIpc) is 3.16. The van der Waals surface area contributed by atoms with Crippen LogP contribution in [0.3, 0.4) is 0 Å². The predicted octanol–water partition coefficient (Wildman–Crippen LogP) is 3.59. The van der Waals surface area contributed by atoms with Crippen LogP contribution in [0.1, 0.15) is 23.7 Å². The van der Waals surface area contributed by atoms with E-state index in [1.165, 1.54) is 26.4 Å². The fourth-order valence-corrected chi connectivity index (χ4v) is 4.93. The highest BCUT2D eigenvalue weighted by Gasteiger charge is 2.60. The highest BCUT2D eigenvalue weighted by Crippen LogP contribution is 2.52. The molecule has 0 saturated carbocycles. The van der Waals surface area contributed by atoms with Crippen LogP contribution >= 0.6 is 11.6 Å². The number of halogens is 1. The number of allylic oxidation sites excluding steroid dienone is 1. The van der Waals surface area contributed by atoms with Crippen LogP contribution in [0.4, 0.5) is 0 Å². The second-order valence-electron chi connectivity index (χ2n) is 8.48. The molecule has 1 N–H and O–H groups in total. The van der Waals surface area contributed by atoms with E-state index in [-0.39, 0.29) is 28.2 Å². The Morgan fingerprint density at radius 2 is 1.88 bits per heavy atom. The van der Waals surface area contributed by atoms with Gasteiger partial charge in [0.05, 0.1) is 20.8 Å². The highest BCUT2D eigenvalue weighted by atomic mass is 35.5. The number of benzene rings is 2. The molecule has 0 fully saturated rings. The quantitative estimate of drug-likeness (QED) is 0.642. The lowest BCUT2D eigenvalue weighted by atomic mass is 9.74. The molecule has 9 heteroatoms. The molecule has 1 spiro atoms. The number of carbonyl (C=O) groups is 2. The second kappa shape index (κ2) is 8.43. The number of methoxy groups -OCH3 is 2. The Labute approximate surface area is 201 Å². The van der Waals surface area contributed by atoms with Gasteiger partial charge in [0.2, 0.25) is 17.2 Å². The molecule has 2 aliphatic heterocycles. The van der Waals surface area contributed by atoms with Gasteiger partial charge in [0.1, 0.15) is 34.8 Å². The minimum Gasteiger partial charge on any atom is -0.496 e. The molecule has 2 aromatic rings. The summed E-state index contributed by atoms with van der Waals surface area (Å²) in [7, 11) is 2.89. The first-order valence-corrected chi connectivity index (χ1v) is 11.3. The molecule has 5 rings (SSSR count). The third kappa shape index (κ3) is 3.36. The Morgan fingerprint density at radius 1 is 1.15 bits per heavy atom. The first-order chi connectivity index (χ1) is 16.4. The third-order valence-electron chi connectivity index (χ3n) is 6.43. The largest absolute Gasteiger partial charge is 0.496 e. The van der Waals surface area contributed by atoms with Gasteiger partial charge in [-0.25, -0.2) is 0 Å². The fourth-order valence-electron chi connectivity index (χ4n) is 4.66. The molecule has 8 nitrogen and oxygen atoms in total. The van der Waals surface area contributed by atoms with E-state index in [0.29, 0.717) is 42.5 Å². The zero-order valence-electron chi connectivity index (χ0n) is 19.0. The first kappa shape index (κ1) is 22.4.